The van der Waals surface area contributed by atoms with Gasteiger partial charge >= 0.3 is 0 Å². The van der Waals surface area contributed by atoms with Gasteiger partial charge in [0, 0.05) is 31.0 Å². The molecule has 1 aliphatic heterocycles. The minimum Gasteiger partial charge on any atom is -0.497 e. The van der Waals surface area contributed by atoms with Gasteiger partial charge in [-0.3, -0.25) is 4.79 Å². The molecule has 1 amide bonds. The van der Waals surface area contributed by atoms with Gasteiger partial charge in [0.2, 0.25) is 17.6 Å². The second kappa shape index (κ2) is 9.21. The second-order valence-electron chi connectivity index (χ2n) is 6.99. The van der Waals surface area contributed by atoms with Crippen LogP contribution in [0.1, 0.15) is 25.2 Å². The molecule has 2 heterocycles. The van der Waals surface area contributed by atoms with Crippen molar-refractivity contribution in [2.75, 3.05) is 25.2 Å². The molecule has 3 rings (SSSR count). The van der Waals surface area contributed by atoms with Gasteiger partial charge in [-0.25, -0.2) is 8.42 Å². The maximum Gasteiger partial charge on any atom is 0.226 e. The van der Waals surface area contributed by atoms with E-state index in [2.05, 4.69) is 16.7 Å². The van der Waals surface area contributed by atoms with Crippen LogP contribution in [0.3, 0.4) is 0 Å². The maximum absolute atomic E-state index is 12.6. The van der Waals surface area contributed by atoms with Crippen molar-refractivity contribution < 1.29 is 22.5 Å². The first kappa shape index (κ1) is 21.0. The number of nitrogens with zero attached hydrogens (tertiary/aromatic N) is 3. The first-order chi connectivity index (χ1) is 13.9. The molecule has 1 aliphatic rings. The van der Waals surface area contributed by atoms with Gasteiger partial charge in [-0.2, -0.15) is 4.98 Å². The molecule has 1 saturated heterocycles. The highest BCUT2D eigenvalue weighted by atomic mass is 32.2. The van der Waals surface area contributed by atoms with Gasteiger partial charge in [-0.05, 0) is 25.0 Å². The largest absolute Gasteiger partial charge is 0.497 e. The summed E-state index contributed by atoms with van der Waals surface area (Å²) >= 11 is 0. The zero-order valence-electron chi connectivity index (χ0n) is 16.4. The SMILES string of the molecule is C=CCN(C(=O)CCCc1nc(-c2cccc(OC)c2)no1)C1CCS(=O)(=O)C1. The lowest BCUT2D eigenvalue weighted by molar-refractivity contribution is -0.132. The van der Waals surface area contributed by atoms with Crippen LogP contribution in [0.15, 0.2) is 41.4 Å². The van der Waals surface area contributed by atoms with Crippen molar-refractivity contribution in [3.05, 3.63) is 42.8 Å². The van der Waals surface area contributed by atoms with E-state index in [4.69, 9.17) is 9.26 Å². The molecular weight excluding hydrogens is 394 g/mol. The smallest absolute Gasteiger partial charge is 0.226 e. The molecule has 8 nitrogen and oxygen atoms in total. The summed E-state index contributed by atoms with van der Waals surface area (Å²) in [6, 6.07) is 7.10. The Morgan fingerprint density at radius 2 is 2.28 bits per heavy atom. The minimum absolute atomic E-state index is 0.0279. The number of aromatic nitrogens is 2. The van der Waals surface area contributed by atoms with Crippen LogP contribution in [0.4, 0.5) is 0 Å². The van der Waals surface area contributed by atoms with E-state index >= 15 is 0 Å². The van der Waals surface area contributed by atoms with Crippen molar-refractivity contribution in [1.82, 2.24) is 15.0 Å². The molecule has 1 unspecified atom stereocenters. The normalized spacial score (nSPS) is 17.8. The minimum atomic E-state index is -3.05. The Morgan fingerprint density at radius 3 is 2.97 bits per heavy atom. The van der Waals surface area contributed by atoms with Gasteiger partial charge in [-0.1, -0.05) is 23.4 Å². The molecule has 0 aliphatic carbocycles. The molecule has 1 aromatic carbocycles. The van der Waals surface area contributed by atoms with Crippen molar-refractivity contribution in [3.63, 3.8) is 0 Å². The third kappa shape index (κ3) is 5.44. The molecule has 1 atom stereocenters. The number of hydrogen-bond donors (Lipinski definition) is 0. The summed E-state index contributed by atoms with van der Waals surface area (Å²) in [4.78, 5) is 18.6. The van der Waals surface area contributed by atoms with Gasteiger partial charge < -0.3 is 14.2 Å². The Hall–Kier alpha value is -2.68. The molecule has 0 radical (unpaired) electrons. The van der Waals surface area contributed by atoms with Gasteiger partial charge in [0.1, 0.15) is 5.75 Å². The summed E-state index contributed by atoms with van der Waals surface area (Å²) in [6.07, 6.45) is 3.39. The molecule has 1 aromatic heterocycles. The first-order valence-corrected chi connectivity index (χ1v) is 11.3. The molecular formula is C20H25N3O5S. The van der Waals surface area contributed by atoms with Crippen molar-refractivity contribution in [1.29, 1.82) is 0 Å². The van der Waals surface area contributed by atoms with Crippen molar-refractivity contribution in [2.45, 2.75) is 31.7 Å². The van der Waals surface area contributed by atoms with Crippen LogP contribution in [0.5, 0.6) is 5.75 Å². The molecule has 0 bridgehead atoms. The van der Waals surface area contributed by atoms with Crippen molar-refractivity contribution >= 4 is 15.7 Å². The van der Waals surface area contributed by atoms with Gasteiger partial charge in [0.15, 0.2) is 9.84 Å². The Morgan fingerprint density at radius 1 is 1.45 bits per heavy atom. The van der Waals surface area contributed by atoms with Gasteiger partial charge in [-0.15, -0.1) is 6.58 Å². The predicted octanol–water partition coefficient (Wildman–Crippen LogP) is 2.27. The number of carbonyl (C=O) groups excluding carboxylic acids is 1. The van der Waals surface area contributed by atoms with Crippen LogP contribution in [-0.2, 0) is 21.1 Å². The average Bonchev–Trinajstić information content (AvgIpc) is 3.32. The first-order valence-electron chi connectivity index (χ1n) is 9.49. The Labute approximate surface area is 170 Å². The fourth-order valence-electron chi connectivity index (χ4n) is 3.39. The molecule has 0 spiro atoms. The number of aryl methyl sites for hydroxylation is 1. The van der Waals surface area contributed by atoms with Crippen molar-refractivity contribution in [3.8, 4) is 17.1 Å². The average molecular weight is 420 g/mol. The molecule has 0 N–H and O–H groups in total. The molecule has 1 fully saturated rings. The topological polar surface area (TPSA) is 103 Å². The fraction of sp³-hybridized carbons (Fsp3) is 0.450. The summed E-state index contributed by atoms with van der Waals surface area (Å²) in [6.45, 7) is 4.02. The summed E-state index contributed by atoms with van der Waals surface area (Å²) in [7, 11) is -1.46. The van der Waals surface area contributed by atoms with Crippen LogP contribution < -0.4 is 4.74 Å². The van der Waals surface area contributed by atoms with E-state index in [1.807, 2.05) is 24.3 Å². The van der Waals surface area contributed by atoms with E-state index in [9.17, 15) is 13.2 Å². The standard InChI is InChI=1S/C20H25N3O5S/c1-3-11-23(16-10-12-29(25,26)14-16)19(24)9-5-8-18-21-20(22-28-18)15-6-4-7-17(13-15)27-2/h3-4,6-7,13,16H,1,5,8-12,14H2,2H3. The predicted molar refractivity (Wildman–Crippen MR) is 108 cm³/mol. The lowest BCUT2D eigenvalue weighted by atomic mass is 10.1. The monoisotopic (exact) mass is 419 g/mol. The quantitative estimate of drug-likeness (QED) is 0.575. The van der Waals surface area contributed by atoms with Crippen LogP contribution in [-0.4, -0.2) is 60.6 Å². The number of carbonyl (C=O) groups is 1. The van der Waals surface area contributed by atoms with Crippen LogP contribution in [0.25, 0.3) is 11.4 Å². The summed E-state index contributed by atoms with van der Waals surface area (Å²) in [5.41, 5.74) is 0.787. The number of rotatable bonds is 9. The number of benzene rings is 1. The molecule has 9 heteroatoms. The van der Waals surface area contributed by atoms with E-state index in [1.165, 1.54) is 0 Å². The zero-order chi connectivity index (χ0) is 20.9. The van der Waals surface area contributed by atoms with E-state index in [1.54, 1.807) is 18.1 Å². The maximum atomic E-state index is 12.6. The van der Waals surface area contributed by atoms with E-state index in [-0.39, 0.29) is 29.9 Å². The fourth-order valence-corrected chi connectivity index (χ4v) is 5.12. The third-order valence-electron chi connectivity index (χ3n) is 4.87. The summed E-state index contributed by atoms with van der Waals surface area (Å²) in [5, 5.41) is 3.99. The second-order valence-corrected chi connectivity index (χ2v) is 9.22. The van der Waals surface area contributed by atoms with E-state index < -0.39 is 9.84 Å². The van der Waals surface area contributed by atoms with Crippen LogP contribution >= 0.6 is 0 Å². The summed E-state index contributed by atoms with van der Waals surface area (Å²) < 4.78 is 33.9. The number of ether oxygens (including phenoxy) is 1. The number of methoxy groups -OCH3 is 1. The lowest BCUT2D eigenvalue weighted by Gasteiger charge is -2.27. The van der Waals surface area contributed by atoms with Gasteiger partial charge in [0.25, 0.3) is 0 Å². The Bertz CT molecular complexity index is 970. The molecule has 29 heavy (non-hydrogen) atoms. The molecule has 0 saturated carbocycles. The Kier molecular flexibility index (Phi) is 6.68. The van der Waals surface area contributed by atoms with Gasteiger partial charge in [0.05, 0.1) is 18.6 Å². The lowest BCUT2D eigenvalue weighted by Crippen LogP contribution is -2.41. The number of amides is 1. The van der Waals surface area contributed by atoms with E-state index in [0.29, 0.717) is 43.3 Å². The Balaban J connectivity index is 1.55. The molecule has 156 valence electrons. The number of hydrogen-bond acceptors (Lipinski definition) is 7. The zero-order valence-corrected chi connectivity index (χ0v) is 17.2. The molecule has 2 aromatic rings. The summed E-state index contributed by atoms with van der Waals surface area (Å²) in [5.74, 6) is 1.70. The highest BCUT2D eigenvalue weighted by molar-refractivity contribution is 7.91. The number of sulfone groups is 1. The van der Waals surface area contributed by atoms with Crippen molar-refractivity contribution in [2.24, 2.45) is 0 Å². The van der Waals surface area contributed by atoms with E-state index in [0.717, 1.165) is 5.56 Å². The third-order valence-corrected chi connectivity index (χ3v) is 6.62. The highest BCUT2D eigenvalue weighted by Gasteiger charge is 2.33. The van der Waals surface area contributed by atoms with Crippen LogP contribution in [0, 0.1) is 0 Å². The van der Waals surface area contributed by atoms with Crippen LogP contribution in [0.2, 0.25) is 0 Å². The highest BCUT2D eigenvalue weighted by Crippen LogP contribution is 2.22.